The van der Waals surface area contributed by atoms with Crippen molar-refractivity contribution in [3.8, 4) is 0 Å². The summed E-state index contributed by atoms with van der Waals surface area (Å²) in [7, 11) is 0. The number of ketones is 1. The number of hydrogen-bond acceptors (Lipinski definition) is 3. The Morgan fingerprint density at radius 1 is 1.23 bits per heavy atom. The molecule has 2 aliphatic rings. The fourth-order valence-electron chi connectivity index (χ4n) is 4.99. The van der Waals surface area contributed by atoms with E-state index in [1.807, 2.05) is 0 Å². The molecule has 2 saturated carbocycles. The van der Waals surface area contributed by atoms with Crippen LogP contribution in [-0.2, 0) is 4.79 Å². The fraction of sp³-hybridized carbons (Fsp3) is 0.947. The molecule has 3 heteroatoms. The predicted octanol–water partition coefficient (Wildman–Crippen LogP) is 3.85. The average molecular weight is 310 g/mol. The van der Waals surface area contributed by atoms with Crippen LogP contribution in [-0.4, -0.2) is 27.7 Å². The maximum absolute atomic E-state index is 12.7. The zero-order chi connectivity index (χ0) is 16.6. The number of aliphatic hydroxyl groups is 2. The van der Waals surface area contributed by atoms with Crippen LogP contribution < -0.4 is 0 Å². The molecule has 0 radical (unpaired) electrons. The zero-order valence-corrected chi connectivity index (χ0v) is 14.8. The molecule has 2 N–H and O–H groups in total. The van der Waals surface area contributed by atoms with Crippen molar-refractivity contribution in [1.82, 2.24) is 0 Å². The molecule has 0 aliphatic heterocycles. The van der Waals surface area contributed by atoms with Gasteiger partial charge in [-0.15, -0.1) is 0 Å². The smallest absolute Gasteiger partial charge is 0.167 e. The van der Waals surface area contributed by atoms with E-state index in [4.69, 9.17) is 0 Å². The molecule has 22 heavy (non-hydrogen) atoms. The molecular weight excluding hydrogens is 276 g/mol. The third kappa shape index (κ3) is 2.65. The second-order valence-electron chi connectivity index (χ2n) is 8.48. The molecule has 4 atom stereocenters. The lowest BCUT2D eigenvalue weighted by molar-refractivity contribution is -0.157. The standard InChI is InChI=1S/C19H34O3/c1-5-6-7-8-9-15(20)12-16(21)19(22)13-14-10-11-18(19,4)17(14,2)3/h14-15,20,22H,5-13H2,1-4H3/t14-,15-,18-,19+/m1/s1. The summed E-state index contributed by atoms with van der Waals surface area (Å²) in [4.78, 5) is 12.7. The van der Waals surface area contributed by atoms with Crippen LogP contribution in [0.2, 0.25) is 0 Å². The molecule has 0 aromatic heterocycles. The third-order valence-corrected chi connectivity index (χ3v) is 7.16. The largest absolute Gasteiger partial charge is 0.393 e. The zero-order valence-electron chi connectivity index (χ0n) is 14.8. The molecule has 0 heterocycles. The number of rotatable bonds is 8. The summed E-state index contributed by atoms with van der Waals surface area (Å²) in [5, 5.41) is 21.3. The highest BCUT2D eigenvalue weighted by Gasteiger charge is 2.70. The van der Waals surface area contributed by atoms with Crippen molar-refractivity contribution in [2.45, 2.75) is 97.2 Å². The number of fused-ring (bicyclic) bond motifs is 2. The lowest BCUT2D eigenvalue weighted by Gasteiger charge is -2.44. The maximum atomic E-state index is 12.7. The van der Waals surface area contributed by atoms with E-state index in [0.29, 0.717) is 18.8 Å². The van der Waals surface area contributed by atoms with Crippen molar-refractivity contribution in [1.29, 1.82) is 0 Å². The molecule has 0 saturated heterocycles. The van der Waals surface area contributed by atoms with Crippen LogP contribution in [0.1, 0.15) is 85.5 Å². The number of unbranched alkanes of at least 4 members (excludes halogenated alkanes) is 3. The van der Waals surface area contributed by atoms with Gasteiger partial charge in [-0.05, 0) is 37.0 Å². The normalized spacial score (nSPS) is 37.5. The molecule has 0 spiro atoms. The van der Waals surface area contributed by atoms with E-state index in [2.05, 4.69) is 27.7 Å². The first-order chi connectivity index (χ1) is 10.2. The molecule has 2 bridgehead atoms. The van der Waals surface area contributed by atoms with Crippen LogP contribution in [0.5, 0.6) is 0 Å². The molecule has 2 aliphatic carbocycles. The number of Topliss-reactive ketones (excluding diaryl/α,β-unsaturated/α-hetero) is 1. The van der Waals surface area contributed by atoms with Crippen LogP contribution in [0.3, 0.4) is 0 Å². The Morgan fingerprint density at radius 2 is 1.91 bits per heavy atom. The Morgan fingerprint density at radius 3 is 2.41 bits per heavy atom. The first-order valence-electron chi connectivity index (χ1n) is 9.13. The molecule has 2 fully saturated rings. The van der Waals surface area contributed by atoms with Gasteiger partial charge in [0.2, 0.25) is 0 Å². The van der Waals surface area contributed by atoms with Gasteiger partial charge in [0.25, 0.3) is 0 Å². The highest BCUT2D eigenvalue weighted by Crippen LogP contribution is 2.69. The molecule has 0 unspecified atom stereocenters. The summed E-state index contributed by atoms with van der Waals surface area (Å²) in [5.41, 5.74) is -1.57. The first kappa shape index (κ1) is 17.9. The van der Waals surface area contributed by atoms with Crippen molar-refractivity contribution in [2.24, 2.45) is 16.7 Å². The van der Waals surface area contributed by atoms with Crippen molar-refractivity contribution in [3.05, 3.63) is 0 Å². The summed E-state index contributed by atoms with van der Waals surface area (Å²) in [6.07, 6.45) is 7.22. The molecule has 0 aromatic rings. The summed E-state index contributed by atoms with van der Waals surface area (Å²) < 4.78 is 0. The van der Waals surface area contributed by atoms with E-state index in [1.165, 1.54) is 12.8 Å². The minimum atomic E-state index is -1.23. The average Bonchev–Trinajstić information content (AvgIpc) is 2.75. The molecule has 2 rings (SSSR count). The first-order valence-corrected chi connectivity index (χ1v) is 9.13. The summed E-state index contributed by atoms with van der Waals surface area (Å²) in [5.74, 6) is 0.293. The van der Waals surface area contributed by atoms with Gasteiger partial charge < -0.3 is 10.2 Å². The van der Waals surface area contributed by atoms with Gasteiger partial charge in [-0.1, -0.05) is 53.4 Å². The molecule has 128 valence electrons. The Kier molecular flexibility index (Phi) is 5.09. The molecule has 0 amide bonds. The lowest BCUT2D eigenvalue weighted by Crippen LogP contribution is -2.53. The van der Waals surface area contributed by atoms with Gasteiger partial charge in [-0.3, -0.25) is 4.79 Å². The Bertz CT molecular complexity index is 417. The van der Waals surface area contributed by atoms with Crippen molar-refractivity contribution in [3.63, 3.8) is 0 Å². The quantitative estimate of drug-likeness (QED) is 0.669. The minimum absolute atomic E-state index is 0.00346. The Balaban J connectivity index is 1.95. The van der Waals surface area contributed by atoms with E-state index >= 15 is 0 Å². The van der Waals surface area contributed by atoms with Crippen LogP contribution in [0.15, 0.2) is 0 Å². The van der Waals surface area contributed by atoms with Gasteiger partial charge in [0.05, 0.1) is 6.10 Å². The van der Waals surface area contributed by atoms with Gasteiger partial charge in [-0.2, -0.15) is 0 Å². The number of hydrogen-bond donors (Lipinski definition) is 2. The lowest BCUT2D eigenvalue weighted by atomic mass is 9.62. The topological polar surface area (TPSA) is 57.5 Å². The second kappa shape index (κ2) is 6.24. The molecule has 3 nitrogen and oxygen atoms in total. The highest BCUT2D eigenvalue weighted by atomic mass is 16.3. The SMILES string of the molecule is CCCCCC[C@@H](O)CC(=O)[C@@]1(O)C[C@H]2CC[C@]1(C)C2(C)C. The fourth-order valence-corrected chi connectivity index (χ4v) is 4.99. The van der Waals surface area contributed by atoms with Gasteiger partial charge in [-0.25, -0.2) is 0 Å². The van der Waals surface area contributed by atoms with Crippen LogP contribution in [0, 0.1) is 16.7 Å². The van der Waals surface area contributed by atoms with Crippen LogP contribution in [0.25, 0.3) is 0 Å². The van der Waals surface area contributed by atoms with Crippen LogP contribution in [0.4, 0.5) is 0 Å². The summed E-state index contributed by atoms with van der Waals surface area (Å²) in [6, 6.07) is 0. The Hall–Kier alpha value is -0.410. The number of aliphatic hydroxyl groups excluding tert-OH is 1. The number of carbonyl (C=O) groups excluding carboxylic acids is 1. The van der Waals surface area contributed by atoms with Crippen molar-refractivity contribution >= 4 is 5.78 Å². The number of carbonyl (C=O) groups is 1. The minimum Gasteiger partial charge on any atom is -0.393 e. The highest BCUT2D eigenvalue weighted by molar-refractivity contribution is 5.89. The Labute approximate surface area is 135 Å². The molecule has 0 aromatic carbocycles. The third-order valence-electron chi connectivity index (χ3n) is 7.16. The van der Waals surface area contributed by atoms with Gasteiger partial charge >= 0.3 is 0 Å². The second-order valence-corrected chi connectivity index (χ2v) is 8.48. The van der Waals surface area contributed by atoms with Crippen molar-refractivity contribution in [2.75, 3.05) is 0 Å². The monoisotopic (exact) mass is 310 g/mol. The van der Waals surface area contributed by atoms with Gasteiger partial charge in [0, 0.05) is 11.8 Å². The predicted molar refractivity (Wildman–Crippen MR) is 88.6 cm³/mol. The summed E-state index contributed by atoms with van der Waals surface area (Å²) in [6.45, 7) is 8.62. The van der Waals surface area contributed by atoms with E-state index < -0.39 is 11.7 Å². The van der Waals surface area contributed by atoms with E-state index in [-0.39, 0.29) is 23.0 Å². The van der Waals surface area contributed by atoms with E-state index in [1.54, 1.807) is 0 Å². The summed E-state index contributed by atoms with van der Waals surface area (Å²) >= 11 is 0. The van der Waals surface area contributed by atoms with Crippen molar-refractivity contribution < 1.29 is 15.0 Å². The van der Waals surface area contributed by atoms with E-state index in [9.17, 15) is 15.0 Å². The molecular formula is C19H34O3. The van der Waals surface area contributed by atoms with E-state index in [0.717, 1.165) is 25.7 Å². The van der Waals surface area contributed by atoms with Gasteiger partial charge in [0.1, 0.15) is 5.60 Å². The van der Waals surface area contributed by atoms with Gasteiger partial charge in [0.15, 0.2) is 5.78 Å². The van der Waals surface area contributed by atoms with Crippen LogP contribution >= 0.6 is 0 Å². The maximum Gasteiger partial charge on any atom is 0.167 e.